The predicted molar refractivity (Wildman–Crippen MR) is 56.6 cm³/mol. The van der Waals surface area contributed by atoms with Gasteiger partial charge in [0.05, 0.1) is 4.92 Å². The van der Waals surface area contributed by atoms with Crippen molar-refractivity contribution in [3.8, 4) is 0 Å². The first kappa shape index (κ1) is 11.4. The quantitative estimate of drug-likeness (QED) is 0.596. The maximum atomic E-state index is 10.8. The van der Waals surface area contributed by atoms with Gasteiger partial charge in [-0.25, -0.2) is 9.69 Å². The largest absolute Gasteiger partial charge is 0.335 e. The average Bonchev–Trinajstić information content (AvgIpc) is 2.41. The van der Waals surface area contributed by atoms with Crippen LogP contribution >= 0.6 is 0 Å². The molecule has 0 saturated carbocycles. The van der Waals surface area contributed by atoms with Crippen molar-refractivity contribution in [1.29, 1.82) is 0 Å². The second-order valence-electron chi connectivity index (χ2n) is 3.36. The van der Waals surface area contributed by atoms with Crippen LogP contribution in [0.3, 0.4) is 0 Å². The fourth-order valence-corrected chi connectivity index (χ4v) is 1.34. The van der Waals surface area contributed by atoms with Crippen LogP contribution in [0.2, 0.25) is 0 Å². The van der Waals surface area contributed by atoms with E-state index in [4.69, 9.17) is 0 Å². The number of nitrogens with one attached hydrogen (secondary N) is 1. The standard InChI is InChI=1S/C8H15N5O2/c1-5-12-8(10-11(3)4)7(13(14)15)6(2)9-12/h10H,5H2,1-4H3. The van der Waals surface area contributed by atoms with Crippen LogP contribution in [0.25, 0.3) is 0 Å². The summed E-state index contributed by atoms with van der Waals surface area (Å²) >= 11 is 0. The third kappa shape index (κ3) is 2.24. The first-order valence-corrected chi connectivity index (χ1v) is 4.63. The minimum atomic E-state index is -0.416. The molecule has 0 spiro atoms. The molecule has 1 aromatic heterocycles. The molecule has 0 aliphatic carbocycles. The van der Waals surface area contributed by atoms with E-state index in [0.717, 1.165) is 0 Å². The van der Waals surface area contributed by atoms with E-state index in [1.54, 1.807) is 30.7 Å². The van der Waals surface area contributed by atoms with Gasteiger partial charge in [0, 0.05) is 20.6 Å². The highest BCUT2D eigenvalue weighted by atomic mass is 16.6. The summed E-state index contributed by atoms with van der Waals surface area (Å²) in [6, 6.07) is 0. The fourth-order valence-electron chi connectivity index (χ4n) is 1.34. The molecule has 0 bridgehead atoms. The maximum Gasteiger partial charge on any atom is 0.335 e. The van der Waals surface area contributed by atoms with Crippen molar-refractivity contribution >= 4 is 11.5 Å². The van der Waals surface area contributed by atoms with Crippen LogP contribution in [-0.2, 0) is 6.54 Å². The van der Waals surface area contributed by atoms with Gasteiger partial charge >= 0.3 is 5.69 Å². The first-order valence-electron chi connectivity index (χ1n) is 4.63. The van der Waals surface area contributed by atoms with Crippen LogP contribution in [0.5, 0.6) is 0 Å². The molecule has 1 heterocycles. The topological polar surface area (TPSA) is 76.2 Å². The maximum absolute atomic E-state index is 10.8. The molecule has 84 valence electrons. The lowest BCUT2D eigenvalue weighted by atomic mass is 10.4. The van der Waals surface area contributed by atoms with Gasteiger partial charge in [-0.1, -0.05) is 0 Å². The zero-order valence-corrected chi connectivity index (χ0v) is 9.31. The normalized spacial score (nSPS) is 10.7. The number of nitro groups is 1. The highest BCUT2D eigenvalue weighted by Crippen LogP contribution is 2.27. The number of anilines is 1. The van der Waals surface area contributed by atoms with Crippen LogP contribution in [0.1, 0.15) is 12.6 Å². The Kier molecular flexibility index (Phi) is 3.25. The molecule has 7 nitrogen and oxygen atoms in total. The third-order valence-corrected chi connectivity index (χ3v) is 1.91. The molecular formula is C8H15N5O2. The monoisotopic (exact) mass is 213 g/mol. The number of hydrogen-bond donors (Lipinski definition) is 1. The van der Waals surface area contributed by atoms with Crippen LogP contribution in [0, 0.1) is 17.0 Å². The van der Waals surface area contributed by atoms with Crippen molar-refractivity contribution < 1.29 is 4.92 Å². The third-order valence-electron chi connectivity index (χ3n) is 1.91. The van der Waals surface area contributed by atoms with Crippen molar-refractivity contribution in [3.63, 3.8) is 0 Å². The summed E-state index contributed by atoms with van der Waals surface area (Å²) in [6.45, 7) is 4.10. The highest BCUT2D eigenvalue weighted by Gasteiger charge is 2.24. The molecule has 0 saturated heterocycles. The zero-order chi connectivity index (χ0) is 11.6. The minimum Gasteiger partial charge on any atom is -0.298 e. The van der Waals surface area contributed by atoms with E-state index in [2.05, 4.69) is 10.5 Å². The molecule has 15 heavy (non-hydrogen) atoms. The molecule has 0 aliphatic rings. The Morgan fingerprint density at radius 2 is 2.20 bits per heavy atom. The molecule has 0 radical (unpaired) electrons. The Morgan fingerprint density at radius 3 is 2.60 bits per heavy atom. The van der Waals surface area contributed by atoms with E-state index in [9.17, 15) is 10.1 Å². The van der Waals surface area contributed by atoms with Crippen molar-refractivity contribution in [2.24, 2.45) is 0 Å². The summed E-state index contributed by atoms with van der Waals surface area (Å²) in [5.74, 6) is 0.421. The Balaban J connectivity index is 3.23. The average molecular weight is 213 g/mol. The Labute approximate surface area is 87.8 Å². The van der Waals surface area contributed by atoms with Gasteiger partial charge in [0.1, 0.15) is 5.69 Å². The Hall–Kier alpha value is -1.63. The SMILES string of the molecule is CCn1nc(C)c([N+](=O)[O-])c1NN(C)C. The Morgan fingerprint density at radius 1 is 1.60 bits per heavy atom. The number of nitrogens with zero attached hydrogens (tertiary/aromatic N) is 4. The fraction of sp³-hybridized carbons (Fsp3) is 0.625. The van der Waals surface area contributed by atoms with E-state index in [-0.39, 0.29) is 5.69 Å². The molecule has 1 N–H and O–H groups in total. The second kappa shape index (κ2) is 4.26. The lowest BCUT2D eigenvalue weighted by Crippen LogP contribution is -2.22. The molecule has 0 fully saturated rings. The van der Waals surface area contributed by atoms with E-state index in [0.29, 0.717) is 18.1 Å². The first-order chi connectivity index (χ1) is 6.97. The van der Waals surface area contributed by atoms with Crippen LogP contribution < -0.4 is 5.43 Å². The Bertz CT molecular complexity index is 371. The van der Waals surface area contributed by atoms with Crippen molar-refractivity contribution in [2.45, 2.75) is 20.4 Å². The van der Waals surface area contributed by atoms with Gasteiger partial charge in [-0.05, 0) is 13.8 Å². The van der Waals surface area contributed by atoms with E-state index in [1.807, 2.05) is 6.92 Å². The number of aromatic nitrogens is 2. The van der Waals surface area contributed by atoms with Crippen molar-refractivity contribution in [2.75, 3.05) is 19.5 Å². The van der Waals surface area contributed by atoms with Gasteiger partial charge < -0.3 is 0 Å². The van der Waals surface area contributed by atoms with Crippen LogP contribution in [0.15, 0.2) is 0 Å². The molecule has 0 atom stereocenters. The lowest BCUT2D eigenvalue weighted by Gasteiger charge is -2.13. The summed E-state index contributed by atoms with van der Waals surface area (Å²) < 4.78 is 1.58. The molecule has 0 aliphatic heterocycles. The highest BCUT2D eigenvalue weighted by molar-refractivity contribution is 5.58. The predicted octanol–water partition coefficient (Wildman–Crippen LogP) is 1.01. The van der Waals surface area contributed by atoms with Crippen molar-refractivity contribution in [3.05, 3.63) is 15.8 Å². The van der Waals surface area contributed by atoms with Crippen LogP contribution in [-0.4, -0.2) is 33.8 Å². The van der Waals surface area contributed by atoms with Gasteiger partial charge in [0.2, 0.25) is 5.82 Å². The van der Waals surface area contributed by atoms with E-state index >= 15 is 0 Å². The van der Waals surface area contributed by atoms with Gasteiger partial charge in [-0.15, -0.1) is 0 Å². The van der Waals surface area contributed by atoms with E-state index < -0.39 is 4.92 Å². The van der Waals surface area contributed by atoms with Gasteiger partial charge in [-0.2, -0.15) is 5.10 Å². The number of hydrogen-bond acceptors (Lipinski definition) is 5. The lowest BCUT2D eigenvalue weighted by molar-refractivity contribution is -0.384. The van der Waals surface area contributed by atoms with Gasteiger partial charge in [0.15, 0.2) is 0 Å². The summed E-state index contributed by atoms with van der Waals surface area (Å²) in [4.78, 5) is 10.4. The molecular weight excluding hydrogens is 198 g/mol. The molecule has 0 amide bonds. The summed E-state index contributed by atoms with van der Waals surface area (Å²) in [6.07, 6.45) is 0. The number of rotatable bonds is 4. The number of hydrazine groups is 1. The van der Waals surface area contributed by atoms with E-state index in [1.165, 1.54) is 0 Å². The molecule has 0 aromatic carbocycles. The summed E-state index contributed by atoms with van der Waals surface area (Å²) in [5, 5.41) is 16.6. The molecule has 1 rings (SSSR count). The molecule has 0 unspecified atom stereocenters. The molecule has 7 heteroatoms. The minimum absolute atomic E-state index is 0.0329. The smallest absolute Gasteiger partial charge is 0.298 e. The van der Waals surface area contributed by atoms with Crippen molar-refractivity contribution in [1.82, 2.24) is 14.8 Å². The zero-order valence-electron chi connectivity index (χ0n) is 9.31. The van der Waals surface area contributed by atoms with Crippen LogP contribution in [0.4, 0.5) is 11.5 Å². The van der Waals surface area contributed by atoms with Gasteiger partial charge in [-0.3, -0.25) is 15.5 Å². The van der Waals surface area contributed by atoms with Gasteiger partial charge in [0.25, 0.3) is 0 Å². The second-order valence-corrected chi connectivity index (χ2v) is 3.36. The number of aryl methyl sites for hydroxylation is 2. The summed E-state index contributed by atoms with van der Waals surface area (Å²) in [5.41, 5.74) is 3.34. The summed E-state index contributed by atoms with van der Waals surface area (Å²) in [7, 11) is 3.54. The molecule has 1 aromatic rings.